The fraction of sp³-hybridized carbons (Fsp3) is 0.600. The summed E-state index contributed by atoms with van der Waals surface area (Å²) in [4.78, 5) is 10.6. The molecule has 1 aliphatic carbocycles. The number of nitro benzene ring substituents is 1. The van der Waals surface area contributed by atoms with Crippen LogP contribution >= 0.6 is 15.9 Å². The number of hydrogen-bond acceptors (Lipinski definition) is 4. The zero-order valence-electron chi connectivity index (χ0n) is 12.6. The van der Waals surface area contributed by atoms with E-state index in [0.29, 0.717) is 17.1 Å². The van der Waals surface area contributed by atoms with Crippen LogP contribution in [0.4, 0.5) is 5.69 Å². The first kappa shape index (κ1) is 16.4. The van der Waals surface area contributed by atoms with Gasteiger partial charge in [-0.2, -0.15) is 0 Å². The Bertz CT molecular complexity index is 534. The van der Waals surface area contributed by atoms with E-state index >= 15 is 0 Å². The number of ether oxygens (including phenoxy) is 1. The molecule has 2 rings (SSSR count). The molecule has 0 saturated heterocycles. The molecule has 1 N–H and O–H groups in total. The van der Waals surface area contributed by atoms with Gasteiger partial charge in [0.2, 0.25) is 0 Å². The van der Waals surface area contributed by atoms with E-state index in [1.807, 2.05) is 13.0 Å². The van der Waals surface area contributed by atoms with Gasteiger partial charge in [-0.15, -0.1) is 0 Å². The third-order valence-electron chi connectivity index (χ3n) is 4.34. The van der Waals surface area contributed by atoms with Crippen LogP contribution in [0.2, 0.25) is 0 Å². The molecule has 1 fully saturated rings. The molecule has 116 valence electrons. The molecular formula is C15H21BrN2O3. The summed E-state index contributed by atoms with van der Waals surface area (Å²) in [5, 5.41) is 14.4. The Morgan fingerprint density at radius 2 is 2.24 bits per heavy atom. The lowest BCUT2D eigenvalue weighted by Crippen LogP contribution is -2.60. The summed E-state index contributed by atoms with van der Waals surface area (Å²) < 4.78 is 6.27. The van der Waals surface area contributed by atoms with Crippen molar-refractivity contribution in [2.45, 2.75) is 45.9 Å². The molecule has 0 heterocycles. The van der Waals surface area contributed by atoms with Crippen molar-refractivity contribution in [1.29, 1.82) is 0 Å². The number of rotatable bonds is 6. The average Bonchev–Trinajstić information content (AvgIpc) is 2.43. The van der Waals surface area contributed by atoms with Crippen molar-refractivity contribution < 1.29 is 9.66 Å². The van der Waals surface area contributed by atoms with Crippen molar-refractivity contribution in [3.05, 3.63) is 38.3 Å². The van der Waals surface area contributed by atoms with Crippen LogP contribution in [0.5, 0.6) is 0 Å². The SMILES string of the molecule is CCOC1CC(NCc2cccc([N+](=O)[O-])c2Br)C1(C)C. The van der Waals surface area contributed by atoms with Gasteiger partial charge >= 0.3 is 0 Å². The van der Waals surface area contributed by atoms with Crippen molar-refractivity contribution in [1.82, 2.24) is 5.32 Å². The van der Waals surface area contributed by atoms with Gasteiger partial charge in [-0.05, 0) is 34.8 Å². The number of hydrogen-bond donors (Lipinski definition) is 1. The Labute approximate surface area is 133 Å². The summed E-state index contributed by atoms with van der Waals surface area (Å²) in [6.45, 7) is 7.73. The molecule has 0 spiro atoms. The molecule has 0 bridgehead atoms. The minimum Gasteiger partial charge on any atom is -0.378 e. The Balaban J connectivity index is 1.99. The number of benzene rings is 1. The average molecular weight is 357 g/mol. The predicted octanol–water partition coefficient (Wildman–Crippen LogP) is 3.65. The molecule has 6 heteroatoms. The molecule has 1 aromatic carbocycles. The number of nitrogens with zero attached hydrogens (tertiary/aromatic N) is 1. The lowest BCUT2D eigenvalue weighted by atomic mass is 9.64. The second-order valence-electron chi connectivity index (χ2n) is 5.94. The normalized spacial score (nSPS) is 23.6. The standard InChI is InChI=1S/C15H21BrN2O3/c1-4-21-13-8-12(15(13,2)3)17-9-10-6-5-7-11(14(10)16)18(19)20/h5-7,12-13,17H,4,8-9H2,1-3H3. The lowest BCUT2D eigenvalue weighted by Gasteiger charge is -2.52. The van der Waals surface area contributed by atoms with Crippen LogP contribution in [0.25, 0.3) is 0 Å². The van der Waals surface area contributed by atoms with E-state index in [0.717, 1.165) is 18.6 Å². The molecule has 1 aliphatic rings. The molecule has 1 saturated carbocycles. The summed E-state index contributed by atoms with van der Waals surface area (Å²) in [5.74, 6) is 0. The maximum absolute atomic E-state index is 10.9. The van der Waals surface area contributed by atoms with Crippen molar-refractivity contribution >= 4 is 21.6 Å². The molecule has 0 radical (unpaired) electrons. The maximum atomic E-state index is 10.9. The van der Waals surface area contributed by atoms with Crippen LogP contribution < -0.4 is 5.32 Å². The van der Waals surface area contributed by atoms with Crippen LogP contribution in [0.1, 0.15) is 32.8 Å². The van der Waals surface area contributed by atoms with Crippen LogP contribution in [-0.4, -0.2) is 23.7 Å². The monoisotopic (exact) mass is 356 g/mol. The van der Waals surface area contributed by atoms with Crippen LogP contribution in [0.15, 0.2) is 22.7 Å². The van der Waals surface area contributed by atoms with Crippen molar-refractivity contribution in [2.24, 2.45) is 5.41 Å². The Kier molecular flexibility index (Phi) is 5.01. The van der Waals surface area contributed by atoms with Gasteiger partial charge in [-0.1, -0.05) is 26.0 Å². The fourth-order valence-corrected chi connectivity index (χ4v) is 3.34. The van der Waals surface area contributed by atoms with Gasteiger partial charge in [0, 0.05) is 30.7 Å². The largest absolute Gasteiger partial charge is 0.378 e. The summed E-state index contributed by atoms with van der Waals surface area (Å²) in [7, 11) is 0. The van der Waals surface area contributed by atoms with Gasteiger partial charge in [0.05, 0.1) is 15.5 Å². The number of halogens is 1. The second-order valence-corrected chi connectivity index (χ2v) is 6.73. The molecule has 2 unspecified atom stereocenters. The Hall–Kier alpha value is -0.980. The third kappa shape index (κ3) is 3.27. The molecule has 2 atom stereocenters. The first-order valence-corrected chi connectivity index (χ1v) is 7.94. The Morgan fingerprint density at radius 1 is 1.52 bits per heavy atom. The molecule has 21 heavy (non-hydrogen) atoms. The van der Waals surface area contributed by atoms with E-state index in [2.05, 4.69) is 35.1 Å². The zero-order valence-corrected chi connectivity index (χ0v) is 14.1. The highest BCUT2D eigenvalue weighted by atomic mass is 79.9. The van der Waals surface area contributed by atoms with Crippen LogP contribution in [0.3, 0.4) is 0 Å². The summed E-state index contributed by atoms with van der Waals surface area (Å²) in [5.41, 5.74) is 1.10. The lowest BCUT2D eigenvalue weighted by molar-refractivity contribution is -0.385. The molecule has 5 nitrogen and oxygen atoms in total. The van der Waals surface area contributed by atoms with Crippen molar-refractivity contribution in [2.75, 3.05) is 6.61 Å². The topological polar surface area (TPSA) is 64.4 Å². The molecule has 0 amide bonds. The van der Waals surface area contributed by atoms with Crippen LogP contribution in [0, 0.1) is 15.5 Å². The first-order chi connectivity index (χ1) is 9.87. The van der Waals surface area contributed by atoms with Gasteiger partial charge in [-0.3, -0.25) is 10.1 Å². The van der Waals surface area contributed by atoms with Gasteiger partial charge in [0.1, 0.15) is 0 Å². The number of nitro groups is 1. The van der Waals surface area contributed by atoms with Gasteiger partial charge < -0.3 is 10.1 Å². The van der Waals surface area contributed by atoms with E-state index in [1.54, 1.807) is 6.07 Å². The first-order valence-electron chi connectivity index (χ1n) is 7.14. The third-order valence-corrected chi connectivity index (χ3v) is 5.26. The molecular weight excluding hydrogens is 336 g/mol. The van der Waals surface area contributed by atoms with E-state index < -0.39 is 0 Å². The highest BCUT2D eigenvalue weighted by molar-refractivity contribution is 9.10. The summed E-state index contributed by atoms with van der Waals surface area (Å²) in [6.07, 6.45) is 1.27. The van der Waals surface area contributed by atoms with Crippen molar-refractivity contribution in [3.63, 3.8) is 0 Å². The zero-order chi connectivity index (χ0) is 15.6. The quantitative estimate of drug-likeness (QED) is 0.624. The summed E-state index contributed by atoms with van der Waals surface area (Å²) in [6, 6.07) is 5.48. The van der Waals surface area contributed by atoms with Gasteiger partial charge in [0.15, 0.2) is 0 Å². The van der Waals surface area contributed by atoms with Gasteiger partial charge in [-0.25, -0.2) is 0 Å². The second kappa shape index (κ2) is 6.42. The number of nitrogens with one attached hydrogen (secondary N) is 1. The smallest absolute Gasteiger partial charge is 0.283 e. The molecule has 0 aliphatic heterocycles. The van der Waals surface area contributed by atoms with E-state index in [1.165, 1.54) is 6.07 Å². The minimum atomic E-state index is -0.369. The highest BCUT2D eigenvalue weighted by Crippen LogP contribution is 2.43. The molecule has 0 aromatic heterocycles. The Morgan fingerprint density at radius 3 is 2.81 bits per heavy atom. The highest BCUT2D eigenvalue weighted by Gasteiger charge is 2.48. The summed E-state index contributed by atoms with van der Waals surface area (Å²) >= 11 is 3.33. The van der Waals surface area contributed by atoms with E-state index in [-0.39, 0.29) is 22.1 Å². The fourth-order valence-electron chi connectivity index (χ4n) is 2.79. The van der Waals surface area contributed by atoms with E-state index in [9.17, 15) is 10.1 Å². The van der Waals surface area contributed by atoms with Crippen LogP contribution in [-0.2, 0) is 11.3 Å². The van der Waals surface area contributed by atoms with Gasteiger partial charge in [0.25, 0.3) is 5.69 Å². The predicted molar refractivity (Wildman–Crippen MR) is 85.2 cm³/mol. The minimum absolute atomic E-state index is 0.0865. The van der Waals surface area contributed by atoms with E-state index in [4.69, 9.17) is 4.74 Å². The molecule has 1 aromatic rings. The maximum Gasteiger partial charge on any atom is 0.283 e. The van der Waals surface area contributed by atoms with Crippen molar-refractivity contribution in [3.8, 4) is 0 Å².